The predicted octanol–water partition coefficient (Wildman–Crippen LogP) is 5.62. The minimum absolute atomic E-state index is 0.116. The number of rotatable bonds is 4. The van der Waals surface area contributed by atoms with Crippen LogP contribution in [0.15, 0.2) is 30.3 Å². The Bertz CT molecular complexity index is 1390. The number of anilines is 2. The molecule has 1 aromatic heterocycles. The molecular formula is C31H34F3N3O4. The van der Waals surface area contributed by atoms with Crippen LogP contribution in [0.4, 0.5) is 24.7 Å². The number of nitrogens with zero attached hydrogens (tertiary/aromatic N) is 2. The molecule has 0 radical (unpaired) electrons. The van der Waals surface area contributed by atoms with Crippen molar-refractivity contribution in [3.8, 4) is 0 Å². The van der Waals surface area contributed by atoms with Crippen molar-refractivity contribution in [2.75, 3.05) is 24.7 Å². The molecule has 1 aromatic carbocycles. The molecule has 0 atom stereocenters. The first-order chi connectivity index (χ1) is 19.5. The Labute approximate surface area is 236 Å². The Balaban J connectivity index is 1.25. The van der Waals surface area contributed by atoms with Crippen LogP contribution in [-0.4, -0.2) is 47.3 Å². The van der Waals surface area contributed by atoms with Crippen molar-refractivity contribution in [3.05, 3.63) is 52.7 Å². The first-order valence-corrected chi connectivity index (χ1v) is 14.6. The highest BCUT2D eigenvalue weighted by Gasteiger charge is 2.62. The first kappa shape index (κ1) is 26.7. The van der Waals surface area contributed by atoms with Crippen LogP contribution in [0.25, 0.3) is 0 Å². The summed E-state index contributed by atoms with van der Waals surface area (Å²) >= 11 is 0. The molecule has 2 N–H and O–H groups in total. The molecule has 4 saturated carbocycles. The smallest absolute Gasteiger partial charge is 0.434 e. The Morgan fingerprint density at radius 3 is 2.29 bits per heavy atom. The number of carbonyl (C=O) groups is 2. The molecule has 1 saturated heterocycles. The summed E-state index contributed by atoms with van der Waals surface area (Å²) in [4.78, 5) is 32.2. The molecule has 4 aliphatic carbocycles. The number of hydrogen-bond donors (Lipinski definition) is 2. The molecule has 4 bridgehead atoms. The van der Waals surface area contributed by atoms with Crippen LogP contribution in [0, 0.1) is 30.6 Å². The summed E-state index contributed by atoms with van der Waals surface area (Å²) in [7, 11) is 0. The van der Waals surface area contributed by atoms with E-state index >= 15 is 0 Å². The number of benzene rings is 1. The fraction of sp³-hybridized carbons (Fsp3) is 0.581. The van der Waals surface area contributed by atoms with Crippen LogP contribution in [0.3, 0.4) is 0 Å². The lowest BCUT2D eigenvalue weighted by Gasteiger charge is -2.59. The zero-order valence-electron chi connectivity index (χ0n) is 23.0. The summed E-state index contributed by atoms with van der Waals surface area (Å²) in [6.45, 7) is 3.63. The van der Waals surface area contributed by atoms with Gasteiger partial charge in [-0.05, 0) is 99.3 Å². The lowest BCUT2D eigenvalue weighted by molar-refractivity contribution is -0.163. The predicted molar refractivity (Wildman–Crippen MR) is 144 cm³/mol. The van der Waals surface area contributed by atoms with Gasteiger partial charge in [0, 0.05) is 30.9 Å². The molecule has 3 heterocycles. The van der Waals surface area contributed by atoms with Crippen LogP contribution in [-0.2, 0) is 21.1 Å². The number of alkyl halides is 3. The van der Waals surface area contributed by atoms with Gasteiger partial charge in [0.1, 0.15) is 11.4 Å². The molecule has 0 unspecified atom stereocenters. The number of halogens is 3. The molecule has 41 heavy (non-hydrogen) atoms. The lowest BCUT2D eigenvalue weighted by Crippen LogP contribution is -2.70. The number of hydrogen-bond acceptors (Lipinski definition) is 5. The van der Waals surface area contributed by atoms with Crippen molar-refractivity contribution >= 4 is 23.4 Å². The molecule has 218 valence electrons. The van der Waals surface area contributed by atoms with E-state index in [1.54, 1.807) is 0 Å². The fourth-order valence-electron chi connectivity index (χ4n) is 8.97. The summed E-state index contributed by atoms with van der Waals surface area (Å²) in [6, 6.07) is 8.58. The van der Waals surface area contributed by atoms with E-state index in [0.717, 1.165) is 42.1 Å². The monoisotopic (exact) mass is 569 g/mol. The maximum absolute atomic E-state index is 14.5. The number of carboxylic acids is 1. The third-order valence-corrected chi connectivity index (χ3v) is 10.7. The van der Waals surface area contributed by atoms with Crippen molar-refractivity contribution in [3.63, 3.8) is 0 Å². The number of nitrogens with one attached hydrogen (secondary N) is 1. The number of aryl methyl sites for hydroxylation is 1. The van der Waals surface area contributed by atoms with Gasteiger partial charge in [-0.3, -0.25) is 4.79 Å². The number of aromatic nitrogens is 1. The number of pyridine rings is 1. The van der Waals surface area contributed by atoms with Crippen molar-refractivity contribution in [1.82, 2.24) is 10.3 Å². The first-order valence-electron chi connectivity index (χ1n) is 14.6. The van der Waals surface area contributed by atoms with Crippen LogP contribution >= 0.6 is 0 Å². The van der Waals surface area contributed by atoms with E-state index < -0.39 is 34.8 Å². The van der Waals surface area contributed by atoms with Crippen molar-refractivity contribution in [1.29, 1.82) is 0 Å². The van der Waals surface area contributed by atoms with E-state index in [1.807, 2.05) is 24.0 Å². The SMILES string of the molecule is Cc1ccc2c(c1)C1(CCOCC1)CN2c1ccc(C(=O)NC2(C(=O)O)C3CC4CC(C3)CC2C4)c(C(F)(F)F)n1. The molecule has 5 fully saturated rings. The number of carbonyl (C=O) groups excluding carboxylic acids is 1. The Morgan fingerprint density at radius 2 is 1.68 bits per heavy atom. The molecule has 8 rings (SSSR count). The van der Waals surface area contributed by atoms with E-state index in [2.05, 4.69) is 16.4 Å². The standard InChI is InChI=1S/C31H34F3N3O4/c1-17-2-4-24-23(10-17)29(6-8-41-9-7-29)16-37(24)25-5-3-22(26(35-25)31(32,33)34)27(38)36-30(28(39)40)20-12-18-11-19(14-20)15-21(30)13-18/h2-5,10,18-21H,6-9,11-16H2,1H3,(H,36,38)(H,39,40). The number of fused-ring (bicyclic) bond motifs is 2. The van der Waals surface area contributed by atoms with Gasteiger partial charge in [0.2, 0.25) is 0 Å². The summed E-state index contributed by atoms with van der Waals surface area (Å²) in [5.41, 5.74) is -0.754. The Morgan fingerprint density at radius 1 is 1.02 bits per heavy atom. The average molecular weight is 570 g/mol. The topological polar surface area (TPSA) is 91.8 Å². The second-order valence-electron chi connectivity index (χ2n) is 13.0. The molecule has 2 aliphatic heterocycles. The summed E-state index contributed by atoms with van der Waals surface area (Å²) < 4.78 is 49.1. The second kappa shape index (κ2) is 9.18. The molecule has 1 amide bonds. The van der Waals surface area contributed by atoms with Gasteiger partial charge in [0.15, 0.2) is 5.69 Å². The van der Waals surface area contributed by atoms with Crippen LogP contribution in [0.5, 0.6) is 0 Å². The van der Waals surface area contributed by atoms with Gasteiger partial charge in [0.05, 0.1) is 5.56 Å². The largest absolute Gasteiger partial charge is 0.479 e. The van der Waals surface area contributed by atoms with Gasteiger partial charge in [-0.2, -0.15) is 13.2 Å². The molecule has 10 heteroatoms. The number of ether oxygens (including phenoxy) is 1. The van der Waals surface area contributed by atoms with Gasteiger partial charge in [0.25, 0.3) is 5.91 Å². The van der Waals surface area contributed by atoms with E-state index in [1.165, 1.54) is 6.07 Å². The van der Waals surface area contributed by atoms with Gasteiger partial charge in [-0.25, -0.2) is 9.78 Å². The van der Waals surface area contributed by atoms with E-state index in [9.17, 15) is 27.9 Å². The minimum Gasteiger partial charge on any atom is -0.479 e. The number of aliphatic carboxylic acids is 1. The van der Waals surface area contributed by atoms with E-state index in [4.69, 9.17) is 4.74 Å². The Kier molecular flexibility index (Phi) is 5.99. The highest BCUT2D eigenvalue weighted by atomic mass is 19.4. The third-order valence-electron chi connectivity index (χ3n) is 10.7. The van der Waals surface area contributed by atoms with Crippen molar-refractivity contribution < 1.29 is 32.6 Å². The fourth-order valence-corrected chi connectivity index (χ4v) is 8.97. The van der Waals surface area contributed by atoms with Crippen molar-refractivity contribution in [2.45, 2.75) is 69.0 Å². The van der Waals surface area contributed by atoms with Crippen LogP contribution < -0.4 is 10.2 Å². The molecular weight excluding hydrogens is 535 g/mol. The Hall–Kier alpha value is -3.14. The van der Waals surface area contributed by atoms with Gasteiger partial charge < -0.3 is 20.1 Å². The van der Waals surface area contributed by atoms with Crippen LogP contribution in [0.1, 0.15) is 72.1 Å². The third kappa shape index (κ3) is 4.07. The average Bonchev–Trinajstić information content (AvgIpc) is 3.22. The number of amides is 1. The maximum atomic E-state index is 14.5. The van der Waals surface area contributed by atoms with Crippen molar-refractivity contribution in [2.24, 2.45) is 23.7 Å². The highest BCUT2D eigenvalue weighted by molar-refractivity contribution is 5.99. The molecule has 6 aliphatic rings. The minimum atomic E-state index is -4.91. The number of carboxylic acid groups (broad SMARTS) is 1. The van der Waals surface area contributed by atoms with E-state index in [0.29, 0.717) is 57.3 Å². The summed E-state index contributed by atoms with van der Waals surface area (Å²) in [6.07, 6.45) is 0.422. The highest BCUT2D eigenvalue weighted by Crippen LogP contribution is 2.58. The molecule has 7 nitrogen and oxygen atoms in total. The summed E-state index contributed by atoms with van der Waals surface area (Å²) in [5.74, 6) is -1.75. The van der Waals surface area contributed by atoms with E-state index in [-0.39, 0.29) is 23.1 Å². The molecule has 2 aromatic rings. The lowest BCUT2D eigenvalue weighted by atomic mass is 9.48. The quantitative estimate of drug-likeness (QED) is 0.497. The van der Waals surface area contributed by atoms with Gasteiger partial charge in [-0.15, -0.1) is 0 Å². The van der Waals surface area contributed by atoms with Gasteiger partial charge in [-0.1, -0.05) is 17.7 Å². The molecule has 1 spiro atoms. The van der Waals surface area contributed by atoms with Gasteiger partial charge >= 0.3 is 12.1 Å². The maximum Gasteiger partial charge on any atom is 0.434 e. The zero-order chi connectivity index (χ0) is 28.7. The second-order valence-corrected chi connectivity index (χ2v) is 13.0. The normalized spacial score (nSPS) is 31.4. The van der Waals surface area contributed by atoms with Crippen LogP contribution in [0.2, 0.25) is 0 Å². The summed E-state index contributed by atoms with van der Waals surface area (Å²) in [5, 5.41) is 13.0. The zero-order valence-corrected chi connectivity index (χ0v) is 23.0.